The van der Waals surface area contributed by atoms with Crippen LogP contribution in [0.1, 0.15) is 38.5 Å². The van der Waals surface area contributed by atoms with Gasteiger partial charge in [-0.2, -0.15) is 0 Å². The van der Waals surface area contributed by atoms with Crippen molar-refractivity contribution in [2.75, 3.05) is 5.32 Å². The fourth-order valence-electron chi connectivity index (χ4n) is 5.29. The van der Waals surface area contributed by atoms with Crippen LogP contribution in [0.4, 0.5) is 18.9 Å². The minimum absolute atomic E-state index is 0.00101. The van der Waals surface area contributed by atoms with Crippen molar-refractivity contribution >= 4 is 27.5 Å². The topological polar surface area (TPSA) is 29.1 Å². The van der Waals surface area contributed by atoms with Gasteiger partial charge in [0.05, 0.1) is 11.1 Å². The summed E-state index contributed by atoms with van der Waals surface area (Å²) in [6, 6.07) is 1.91. The zero-order valence-corrected chi connectivity index (χ0v) is 14.1. The average Bonchev–Trinajstić information content (AvgIpc) is 2.45. The summed E-state index contributed by atoms with van der Waals surface area (Å²) < 4.78 is 40.2. The van der Waals surface area contributed by atoms with Gasteiger partial charge in [0.2, 0.25) is 5.91 Å². The highest BCUT2D eigenvalue weighted by atomic mass is 79.9. The minimum Gasteiger partial charge on any atom is -0.323 e. The lowest BCUT2D eigenvalue weighted by Gasteiger charge is -2.59. The summed E-state index contributed by atoms with van der Waals surface area (Å²) in [4.78, 5) is 12.8. The number of rotatable bonds is 2. The van der Waals surface area contributed by atoms with Crippen molar-refractivity contribution in [2.24, 2.45) is 17.3 Å². The zero-order chi connectivity index (χ0) is 16.4. The summed E-state index contributed by atoms with van der Waals surface area (Å²) in [5.74, 6) is -3.38. The van der Waals surface area contributed by atoms with Crippen molar-refractivity contribution < 1.29 is 18.0 Å². The van der Waals surface area contributed by atoms with E-state index in [0.29, 0.717) is 11.8 Å². The third-order valence-corrected chi connectivity index (χ3v) is 6.68. The molecule has 1 aromatic rings. The van der Waals surface area contributed by atoms with Crippen molar-refractivity contribution in [1.82, 2.24) is 0 Å². The number of hydrogen-bond donors (Lipinski definition) is 1. The molecule has 0 radical (unpaired) electrons. The Hall–Kier alpha value is -1.04. The number of hydrogen-bond acceptors (Lipinski definition) is 1. The Kier molecular flexibility index (Phi) is 3.35. The molecule has 0 aromatic heterocycles. The van der Waals surface area contributed by atoms with Crippen LogP contribution in [0.15, 0.2) is 12.1 Å². The minimum atomic E-state index is -1.55. The van der Waals surface area contributed by atoms with E-state index < -0.39 is 22.9 Å². The second-order valence-electron chi connectivity index (χ2n) is 7.57. The van der Waals surface area contributed by atoms with Gasteiger partial charge in [-0.15, -0.1) is 0 Å². The van der Waals surface area contributed by atoms with E-state index in [1.807, 2.05) is 0 Å². The SMILES string of the molecule is O=C(Nc1ccc(F)c(F)c1F)C12C[C@@H]3C[C@@H](CC(Br)(C3)C1)C2. The molecule has 1 amide bonds. The lowest BCUT2D eigenvalue weighted by Crippen LogP contribution is -2.57. The highest BCUT2D eigenvalue weighted by Crippen LogP contribution is 2.64. The molecule has 1 N–H and O–H groups in total. The number of amides is 1. The van der Waals surface area contributed by atoms with E-state index in [-0.39, 0.29) is 15.9 Å². The van der Waals surface area contributed by atoms with Gasteiger partial charge < -0.3 is 5.32 Å². The molecule has 4 saturated carbocycles. The van der Waals surface area contributed by atoms with Gasteiger partial charge in [0.15, 0.2) is 17.5 Å². The first-order chi connectivity index (χ1) is 10.8. The number of carbonyl (C=O) groups is 1. The zero-order valence-electron chi connectivity index (χ0n) is 12.5. The van der Waals surface area contributed by atoms with E-state index in [1.54, 1.807) is 0 Å². The standard InChI is InChI=1S/C17H17BrF3NO/c18-17-6-9-3-10(7-17)5-16(4-9,8-17)15(23)22-12-2-1-11(19)13(20)14(12)21/h1-2,9-10H,3-8H2,(H,22,23)/t9-,10+,16?,17?. The molecule has 2 nitrogen and oxygen atoms in total. The van der Waals surface area contributed by atoms with Gasteiger partial charge in [0.1, 0.15) is 0 Å². The Balaban J connectivity index is 1.61. The molecule has 0 aliphatic heterocycles. The molecule has 4 atom stereocenters. The monoisotopic (exact) mass is 387 g/mol. The normalized spacial score (nSPS) is 37.9. The highest BCUT2D eigenvalue weighted by Gasteiger charge is 2.59. The molecule has 4 aliphatic carbocycles. The first-order valence-electron chi connectivity index (χ1n) is 7.94. The second kappa shape index (κ2) is 4.98. The molecule has 6 heteroatoms. The van der Waals surface area contributed by atoms with E-state index in [0.717, 1.165) is 50.7 Å². The van der Waals surface area contributed by atoms with Crippen LogP contribution in [0.25, 0.3) is 0 Å². The maximum absolute atomic E-state index is 13.8. The third-order valence-electron chi connectivity index (χ3n) is 5.75. The molecular formula is C17H17BrF3NO. The molecule has 4 fully saturated rings. The van der Waals surface area contributed by atoms with Crippen molar-refractivity contribution in [1.29, 1.82) is 0 Å². The maximum atomic E-state index is 13.8. The third kappa shape index (κ3) is 2.41. The molecule has 5 rings (SSSR count). The average molecular weight is 388 g/mol. The summed E-state index contributed by atoms with van der Waals surface area (Å²) >= 11 is 3.82. The second-order valence-corrected chi connectivity index (χ2v) is 9.25. The lowest BCUT2D eigenvalue weighted by molar-refractivity contribution is -0.138. The van der Waals surface area contributed by atoms with Crippen LogP contribution in [0.3, 0.4) is 0 Å². The number of halogens is 4. The Morgan fingerprint density at radius 1 is 1.09 bits per heavy atom. The number of anilines is 1. The number of alkyl halides is 1. The molecule has 0 saturated heterocycles. The van der Waals surface area contributed by atoms with Gasteiger partial charge >= 0.3 is 0 Å². The molecule has 0 heterocycles. The predicted molar refractivity (Wildman–Crippen MR) is 83.7 cm³/mol. The Bertz CT molecular complexity index is 679. The van der Waals surface area contributed by atoms with Crippen molar-refractivity contribution in [3.8, 4) is 0 Å². The van der Waals surface area contributed by atoms with Crippen LogP contribution in [0.5, 0.6) is 0 Å². The molecule has 2 unspecified atom stereocenters. The molecule has 124 valence electrons. The molecule has 4 aliphatic rings. The first kappa shape index (κ1) is 15.5. The Morgan fingerprint density at radius 2 is 1.74 bits per heavy atom. The number of benzene rings is 1. The summed E-state index contributed by atoms with van der Waals surface area (Å²) in [7, 11) is 0. The van der Waals surface area contributed by atoms with Gasteiger partial charge in [-0.25, -0.2) is 13.2 Å². The van der Waals surface area contributed by atoms with Crippen LogP contribution in [0.2, 0.25) is 0 Å². The maximum Gasteiger partial charge on any atom is 0.230 e. The smallest absolute Gasteiger partial charge is 0.230 e. The molecule has 0 spiro atoms. The Morgan fingerprint density at radius 3 is 2.35 bits per heavy atom. The fraction of sp³-hybridized carbons (Fsp3) is 0.588. The van der Waals surface area contributed by atoms with E-state index in [2.05, 4.69) is 21.2 Å². The van der Waals surface area contributed by atoms with E-state index >= 15 is 0 Å². The fourth-order valence-corrected chi connectivity index (χ4v) is 6.75. The van der Waals surface area contributed by atoms with Crippen LogP contribution in [-0.4, -0.2) is 10.2 Å². The van der Waals surface area contributed by atoms with Crippen LogP contribution >= 0.6 is 15.9 Å². The van der Waals surface area contributed by atoms with Crippen molar-refractivity contribution in [3.05, 3.63) is 29.6 Å². The van der Waals surface area contributed by atoms with Crippen LogP contribution in [-0.2, 0) is 4.79 Å². The van der Waals surface area contributed by atoms with E-state index in [9.17, 15) is 18.0 Å². The van der Waals surface area contributed by atoms with E-state index in [1.165, 1.54) is 0 Å². The summed E-state index contributed by atoms with van der Waals surface area (Å²) in [6.07, 6.45) is 5.64. The largest absolute Gasteiger partial charge is 0.323 e. The number of carbonyl (C=O) groups excluding carboxylic acids is 1. The van der Waals surface area contributed by atoms with Gasteiger partial charge in [0, 0.05) is 4.32 Å². The lowest BCUT2D eigenvalue weighted by atomic mass is 9.49. The van der Waals surface area contributed by atoms with Crippen LogP contribution < -0.4 is 5.32 Å². The summed E-state index contributed by atoms with van der Waals surface area (Å²) in [5.41, 5.74) is -0.807. The molecular weight excluding hydrogens is 371 g/mol. The van der Waals surface area contributed by atoms with Crippen LogP contribution in [0, 0.1) is 34.7 Å². The first-order valence-corrected chi connectivity index (χ1v) is 8.73. The molecule has 1 aromatic carbocycles. The van der Waals surface area contributed by atoms with Crippen molar-refractivity contribution in [3.63, 3.8) is 0 Å². The highest BCUT2D eigenvalue weighted by molar-refractivity contribution is 9.10. The quantitative estimate of drug-likeness (QED) is 0.574. The predicted octanol–water partition coefficient (Wildman–Crippen LogP) is 4.78. The molecule has 23 heavy (non-hydrogen) atoms. The van der Waals surface area contributed by atoms with Crippen molar-refractivity contribution in [2.45, 2.75) is 42.8 Å². The van der Waals surface area contributed by atoms with Gasteiger partial charge in [-0.3, -0.25) is 4.79 Å². The van der Waals surface area contributed by atoms with Gasteiger partial charge in [-0.05, 0) is 62.5 Å². The van der Waals surface area contributed by atoms with E-state index in [4.69, 9.17) is 0 Å². The molecule has 4 bridgehead atoms. The summed E-state index contributed by atoms with van der Waals surface area (Å²) in [6.45, 7) is 0. The summed E-state index contributed by atoms with van der Waals surface area (Å²) in [5, 5.41) is 2.51. The Labute approximate surface area is 141 Å². The van der Waals surface area contributed by atoms with Gasteiger partial charge in [0.25, 0.3) is 0 Å². The van der Waals surface area contributed by atoms with Gasteiger partial charge in [-0.1, -0.05) is 15.9 Å². The number of nitrogens with one attached hydrogen (secondary N) is 1.